The van der Waals surface area contributed by atoms with Crippen molar-refractivity contribution in [2.45, 2.75) is 45.9 Å². The van der Waals surface area contributed by atoms with Gasteiger partial charge in [-0.1, -0.05) is 19.1 Å². The Morgan fingerprint density at radius 1 is 1.09 bits per heavy atom. The summed E-state index contributed by atoms with van der Waals surface area (Å²) in [6.07, 6.45) is -4.09. The quantitative estimate of drug-likeness (QED) is 0.379. The van der Waals surface area contributed by atoms with Crippen LogP contribution in [-0.4, -0.2) is 17.6 Å². The monoisotopic (exact) mass is 447 g/mol. The van der Waals surface area contributed by atoms with Gasteiger partial charge in [-0.15, -0.1) is 0 Å². The lowest BCUT2D eigenvalue weighted by atomic mass is 9.98. The summed E-state index contributed by atoms with van der Waals surface area (Å²) in [5.74, 6) is 1.17. The minimum atomic E-state index is -4.39. The van der Waals surface area contributed by atoms with Gasteiger partial charge in [0.2, 0.25) is 5.89 Å². The first-order valence-corrected chi connectivity index (χ1v) is 10.2. The average Bonchev–Trinajstić information content (AvgIpc) is 3.13. The number of carbonyl (C=O) groups is 1. The van der Waals surface area contributed by atoms with Crippen molar-refractivity contribution in [3.8, 4) is 17.2 Å². The van der Waals surface area contributed by atoms with E-state index >= 15 is 0 Å². The number of aryl methyl sites for hydroxylation is 1. The van der Waals surface area contributed by atoms with Crippen molar-refractivity contribution >= 4 is 5.97 Å². The number of halogens is 3. The Morgan fingerprint density at radius 2 is 1.75 bits per heavy atom. The maximum atomic E-state index is 12.7. The van der Waals surface area contributed by atoms with Crippen LogP contribution in [0.2, 0.25) is 0 Å². The third-order valence-electron chi connectivity index (χ3n) is 4.95. The molecule has 8 heteroatoms. The van der Waals surface area contributed by atoms with E-state index < -0.39 is 11.7 Å². The van der Waals surface area contributed by atoms with E-state index in [1.807, 2.05) is 31.2 Å². The molecule has 170 valence electrons. The minimum absolute atomic E-state index is 0.0205. The summed E-state index contributed by atoms with van der Waals surface area (Å²) in [5, 5.41) is 0. The van der Waals surface area contributed by atoms with Gasteiger partial charge in [-0.2, -0.15) is 13.2 Å². The standard InChI is InChI=1S/C24H24F3NO4/c1-4-30-22(29)13-15(2)17-7-11-20(12-8-17)31-14-21-16(3)32-23(28-21)18-5-9-19(10-6-18)24(25,26)27/h5-12,15H,4,13-14H2,1-3H3. The Labute approximate surface area is 184 Å². The molecule has 2 aromatic carbocycles. The molecular formula is C24H24F3NO4. The zero-order chi connectivity index (χ0) is 23.3. The fraction of sp³-hybridized carbons (Fsp3) is 0.333. The lowest BCUT2D eigenvalue weighted by Gasteiger charge is -2.12. The van der Waals surface area contributed by atoms with Crippen LogP contribution in [0.4, 0.5) is 13.2 Å². The van der Waals surface area contributed by atoms with E-state index in [9.17, 15) is 18.0 Å². The van der Waals surface area contributed by atoms with Crippen LogP contribution < -0.4 is 4.74 Å². The molecule has 3 rings (SSSR count). The van der Waals surface area contributed by atoms with Gasteiger partial charge in [0.1, 0.15) is 23.8 Å². The molecule has 1 unspecified atom stereocenters. The largest absolute Gasteiger partial charge is 0.487 e. The van der Waals surface area contributed by atoms with Crippen LogP contribution in [0, 0.1) is 6.92 Å². The summed E-state index contributed by atoms with van der Waals surface area (Å²) in [6.45, 7) is 5.96. The molecule has 0 radical (unpaired) electrons. The van der Waals surface area contributed by atoms with Gasteiger partial charge < -0.3 is 13.9 Å². The zero-order valence-corrected chi connectivity index (χ0v) is 18.0. The first-order chi connectivity index (χ1) is 15.2. The van der Waals surface area contributed by atoms with Crippen LogP contribution in [0.15, 0.2) is 52.9 Å². The third kappa shape index (κ3) is 5.90. The minimum Gasteiger partial charge on any atom is -0.487 e. The summed E-state index contributed by atoms with van der Waals surface area (Å²) in [5.41, 5.74) is 1.27. The second-order valence-electron chi connectivity index (χ2n) is 7.36. The zero-order valence-electron chi connectivity index (χ0n) is 18.0. The van der Waals surface area contributed by atoms with Gasteiger partial charge >= 0.3 is 12.1 Å². The lowest BCUT2D eigenvalue weighted by molar-refractivity contribution is -0.143. The van der Waals surface area contributed by atoms with Crippen molar-refractivity contribution in [2.24, 2.45) is 0 Å². The van der Waals surface area contributed by atoms with Gasteiger partial charge in [-0.05, 0) is 61.7 Å². The Hall–Kier alpha value is -3.29. The summed E-state index contributed by atoms with van der Waals surface area (Å²) < 4.78 is 54.6. The number of esters is 1. The van der Waals surface area contributed by atoms with Crippen LogP contribution in [0.1, 0.15) is 48.8 Å². The van der Waals surface area contributed by atoms with Crippen molar-refractivity contribution in [2.75, 3.05) is 6.61 Å². The molecule has 0 aliphatic rings. The number of rotatable bonds is 8. The smallest absolute Gasteiger partial charge is 0.416 e. The highest BCUT2D eigenvalue weighted by molar-refractivity contribution is 5.70. The molecule has 1 aromatic heterocycles. The summed E-state index contributed by atoms with van der Waals surface area (Å²) in [4.78, 5) is 16.0. The highest BCUT2D eigenvalue weighted by atomic mass is 19.4. The molecule has 5 nitrogen and oxygen atoms in total. The first kappa shape index (κ1) is 23.4. The predicted octanol–water partition coefficient (Wildman–Crippen LogP) is 6.30. The molecule has 0 saturated heterocycles. The maximum absolute atomic E-state index is 12.7. The van der Waals surface area contributed by atoms with Gasteiger partial charge in [0, 0.05) is 5.56 Å². The van der Waals surface area contributed by atoms with Crippen molar-refractivity contribution in [3.63, 3.8) is 0 Å². The number of carbonyl (C=O) groups excluding carboxylic acids is 1. The molecule has 3 aromatic rings. The van der Waals surface area contributed by atoms with Gasteiger partial charge in [0.05, 0.1) is 18.6 Å². The van der Waals surface area contributed by atoms with Gasteiger partial charge in [-0.3, -0.25) is 4.79 Å². The highest BCUT2D eigenvalue weighted by Gasteiger charge is 2.30. The number of ether oxygens (including phenoxy) is 2. The Bertz CT molecular complexity index is 1040. The van der Waals surface area contributed by atoms with E-state index in [1.54, 1.807) is 13.8 Å². The van der Waals surface area contributed by atoms with E-state index in [-0.39, 0.29) is 24.4 Å². The molecule has 0 aliphatic carbocycles. The second kappa shape index (κ2) is 9.89. The summed E-state index contributed by atoms with van der Waals surface area (Å²) >= 11 is 0. The van der Waals surface area contributed by atoms with Crippen molar-refractivity contribution in [3.05, 3.63) is 71.1 Å². The lowest BCUT2D eigenvalue weighted by Crippen LogP contribution is -2.08. The van der Waals surface area contributed by atoms with E-state index in [2.05, 4.69) is 4.98 Å². The van der Waals surface area contributed by atoms with Crippen LogP contribution in [0.25, 0.3) is 11.5 Å². The Morgan fingerprint density at radius 3 is 2.34 bits per heavy atom. The number of aromatic nitrogens is 1. The summed E-state index contributed by atoms with van der Waals surface area (Å²) in [6, 6.07) is 12.0. The molecule has 0 aliphatic heterocycles. The molecule has 0 bridgehead atoms. The molecule has 1 atom stereocenters. The van der Waals surface area contributed by atoms with Gasteiger partial charge in [0.25, 0.3) is 0 Å². The molecule has 0 fully saturated rings. The highest BCUT2D eigenvalue weighted by Crippen LogP contribution is 2.31. The van der Waals surface area contributed by atoms with Crippen LogP contribution in [0.3, 0.4) is 0 Å². The number of hydrogen-bond acceptors (Lipinski definition) is 5. The van der Waals surface area contributed by atoms with E-state index in [4.69, 9.17) is 13.9 Å². The van der Waals surface area contributed by atoms with E-state index in [0.717, 1.165) is 17.7 Å². The number of oxazole rings is 1. The number of nitrogens with zero attached hydrogens (tertiary/aromatic N) is 1. The number of alkyl halides is 3. The van der Waals surface area contributed by atoms with E-state index in [1.165, 1.54) is 12.1 Å². The Kier molecular flexibility index (Phi) is 7.22. The SMILES string of the molecule is CCOC(=O)CC(C)c1ccc(OCc2nc(-c3ccc(C(F)(F)F)cc3)oc2C)cc1. The molecule has 0 saturated carbocycles. The molecule has 0 amide bonds. The predicted molar refractivity (Wildman–Crippen MR) is 112 cm³/mol. The Balaban J connectivity index is 1.62. The van der Waals surface area contributed by atoms with E-state index in [0.29, 0.717) is 35.8 Å². The fourth-order valence-electron chi connectivity index (χ4n) is 3.12. The van der Waals surface area contributed by atoms with Crippen molar-refractivity contribution in [1.29, 1.82) is 0 Å². The molecular weight excluding hydrogens is 423 g/mol. The third-order valence-corrected chi connectivity index (χ3v) is 4.95. The second-order valence-corrected chi connectivity index (χ2v) is 7.36. The molecule has 0 N–H and O–H groups in total. The van der Waals surface area contributed by atoms with Gasteiger partial charge in [-0.25, -0.2) is 4.98 Å². The first-order valence-electron chi connectivity index (χ1n) is 10.2. The number of hydrogen-bond donors (Lipinski definition) is 0. The normalized spacial score (nSPS) is 12.4. The van der Waals surface area contributed by atoms with Gasteiger partial charge in [0.15, 0.2) is 0 Å². The average molecular weight is 447 g/mol. The van der Waals surface area contributed by atoms with Crippen molar-refractivity contribution < 1.29 is 31.9 Å². The topological polar surface area (TPSA) is 61.6 Å². The van der Waals surface area contributed by atoms with Crippen LogP contribution >= 0.6 is 0 Å². The fourth-order valence-corrected chi connectivity index (χ4v) is 3.12. The van der Waals surface area contributed by atoms with Crippen LogP contribution in [0.5, 0.6) is 5.75 Å². The van der Waals surface area contributed by atoms with Crippen molar-refractivity contribution in [1.82, 2.24) is 4.98 Å². The molecule has 32 heavy (non-hydrogen) atoms. The molecule has 0 spiro atoms. The summed E-state index contributed by atoms with van der Waals surface area (Å²) in [7, 11) is 0. The number of benzene rings is 2. The maximum Gasteiger partial charge on any atom is 0.416 e. The molecule has 1 heterocycles. The van der Waals surface area contributed by atoms with Crippen LogP contribution in [-0.2, 0) is 22.3 Å².